The first-order valence-corrected chi connectivity index (χ1v) is 8.54. The molecule has 0 aromatic carbocycles. The molecule has 0 spiro atoms. The molecule has 0 fully saturated rings. The van der Waals surface area contributed by atoms with Crippen molar-refractivity contribution in [2.75, 3.05) is 25.7 Å². The van der Waals surface area contributed by atoms with E-state index in [0.29, 0.717) is 0 Å². The predicted octanol–water partition coefficient (Wildman–Crippen LogP) is 3.60. The van der Waals surface area contributed by atoms with Crippen molar-refractivity contribution in [1.29, 1.82) is 0 Å². The van der Waals surface area contributed by atoms with Crippen molar-refractivity contribution in [2.45, 2.75) is 39.5 Å². The van der Waals surface area contributed by atoms with E-state index in [1.807, 2.05) is 0 Å². The van der Waals surface area contributed by atoms with Gasteiger partial charge in [0, 0.05) is 0 Å². The first-order valence-electron chi connectivity index (χ1n) is 5.12. The Kier molecular flexibility index (Phi) is 6.24. The SMILES string of the molecule is CCCCCC[PH](C)(C)CC. The van der Waals surface area contributed by atoms with E-state index in [0.717, 1.165) is 0 Å². The van der Waals surface area contributed by atoms with Gasteiger partial charge in [-0.15, -0.1) is 0 Å². The Morgan fingerprint density at radius 2 is 1.55 bits per heavy atom. The van der Waals surface area contributed by atoms with Crippen LogP contribution in [0, 0.1) is 0 Å². The Bertz CT molecular complexity index is 86.9. The maximum absolute atomic E-state index is 2.51. The van der Waals surface area contributed by atoms with E-state index < -0.39 is 7.26 Å². The second kappa shape index (κ2) is 6.00. The van der Waals surface area contributed by atoms with Crippen LogP contribution in [0.15, 0.2) is 0 Å². The summed E-state index contributed by atoms with van der Waals surface area (Å²) in [5.74, 6) is 0. The van der Waals surface area contributed by atoms with Gasteiger partial charge in [-0.1, -0.05) is 0 Å². The van der Waals surface area contributed by atoms with Gasteiger partial charge in [-0.3, -0.25) is 0 Å². The predicted molar refractivity (Wildman–Crippen MR) is 59.7 cm³/mol. The van der Waals surface area contributed by atoms with Crippen LogP contribution >= 0.6 is 7.26 Å². The third kappa shape index (κ3) is 6.81. The van der Waals surface area contributed by atoms with Crippen molar-refractivity contribution in [3.63, 3.8) is 0 Å². The minimum absolute atomic E-state index is 0.727. The van der Waals surface area contributed by atoms with Crippen LogP contribution in [0.5, 0.6) is 0 Å². The summed E-state index contributed by atoms with van der Waals surface area (Å²) in [6.07, 6.45) is 8.76. The Morgan fingerprint density at radius 1 is 0.909 bits per heavy atom. The third-order valence-electron chi connectivity index (χ3n) is 2.66. The van der Waals surface area contributed by atoms with Crippen LogP contribution in [0.2, 0.25) is 0 Å². The number of hydrogen-bond acceptors (Lipinski definition) is 0. The summed E-state index contributed by atoms with van der Waals surface area (Å²) in [5, 5.41) is 0. The Labute approximate surface area is 73.1 Å². The van der Waals surface area contributed by atoms with E-state index in [4.69, 9.17) is 0 Å². The Hall–Kier alpha value is 0.430. The molecule has 0 saturated carbocycles. The van der Waals surface area contributed by atoms with Gasteiger partial charge in [0.1, 0.15) is 0 Å². The molecule has 70 valence electrons. The average Bonchev–Trinajstić information content (AvgIpc) is 1.99. The van der Waals surface area contributed by atoms with Gasteiger partial charge < -0.3 is 0 Å². The molecule has 0 radical (unpaired) electrons. The number of rotatable bonds is 6. The van der Waals surface area contributed by atoms with Crippen molar-refractivity contribution in [3.05, 3.63) is 0 Å². The van der Waals surface area contributed by atoms with E-state index in [1.54, 1.807) is 6.16 Å². The molecular formula is C10H25P. The van der Waals surface area contributed by atoms with Crippen LogP contribution in [0.4, 0.5) is 0 Å². The molecule has 1 heteroatoms. The summed E-state index contributed by atoms with van der Waals surface area (Å²) in [5.41, 5.74) is 0. The zero-order valence-electron chi connectivity index (χ0n) is 8.74. The summed E-state index contributed by atoms with van der Waals surface area (Å²) >= 11 is 0. The summed E-state index contributed by atoms with van der Waals surface area (Å²) in [6, 6.07) is 0. The fourth-order valence-electron chi connectivity index (χ4n) is 1.21. The van der Waals surface area contributed by atoms with Crippen LogP contribution in [0.25, 0.3) is 0 Å². The monoisotopic (exact) mass is 176 g/mol. The maximum atomic E-state index is 2.51. The Balaban J connectivity index is 3.23. The fraction of sp³-hybridized carbons (Fsp3) is 1.00. The Morgan fingerprint density at radius 3 is 2.00 bits per heavy atom. The van der Waals surface area contributed by atoms with Gasteiger partial charge in [0.05, 0.1) is 0 Å². The quantitative estimate of drug-likeness (QED) is 0.428. The standard InChI is InChI=1S/C10H25P/c1-5-7-8-9-10-11(3,4)6-2/h11H,5-10H2,1-4H3. The van der Waals surface area contributed by atoms with Gasteiger partial charge in [0.2, 0.25) is 0 Å². The molecule has 0 aliphatic heterocycles. The molecule has 0 aliphatic carbocycles. The first-order chi connectivity index (χ1) is 5.12. The summed E-state index contributed by atoms with van der Waals surface area (Å²) in [6.45, 7) is 9.66. The van der Waals surface area contributed by atoms with Gasteiger partial charge in [-0.05, 0) is 0 Å². The molecule has 0 heterocycles. The molecule has 0 bridgehead atoms. The average molecular weight is 176 g/mol. The van der Waals surface area contributed by atoms with Crippen LogP contribution in [0.1, 0.15) is 39.5 Å². The van der Waals surface area contributed by atoms with Crippen molar-refractivity contribution >= 4 is 7.26 Å². The molecule has 0 aliphatic rings. The summed E-state index contributed by atoms with van der Waals surface area (Å²) < 4.78 is 0. The second-order valence-corrected chi connectivity index (χ2v) is 9.86. The zero-order valence-corrected chi connectivity index (χ0v) is 9.74. The third-order valence-corrected chi connectivity index (χ3v) is 6.29. The molecular weight excluding hydrogens is 151 g/mol. The van der Waals surface area contributed by atoms with Gasteiger partial charge in [-0.2, -0.15) is 0 Å². The van der Waals surface area contributed by atoms with E-state index in [9.17, 15) is 0 Å². The van der Waals surface area contributed by atoms with Gasteiger partial charge in [-0.25, -0.2) is 0 Å². The molecule has 0 aromatic heterocycles. The molecule has 0 atom stereocenters. The number of hydrogen-bond donors (Lipinski definition) is 0. The normalized spacial score (nSPS) is 13.5. The van der Waals surface area contributed by atoms with Crippen molar-refractivity contribution in [2.24, 2.45) is 0 Å². The van der Waals surface area contributed by atoms with Gasteiger partial charge >= 0.3 is 72.4 Å². The summed E-state index contributed by atoms with van der Waals surface area (Å²) in [7, 11) is -0.727. The molecule has 0 rings (SSSR count). The van der Waals surface area contributed by atoms with E-state index in [-0.39, 0.29) is 0 Å². The van der Waals surface area contributed by atoms with E-state index >= 15 is 0 Å². The summed E-state index contributed by atoms with van der Waals surface area (Å²) in [4.78, 5) is 0. The molecule has 0 unspecified atom stereocenters. The molecule has 0 N–H and O–H groups in total. The van der Waals surface area contributed by atoms with Crippen LogP contribution in [-0.2, 0) is 0 Å². The fourth-order valence-corrected chi connectivity index (χ4v) is 2.77. The van der Waals surface area contributed by atoms with E-state index in [2.05, 4.69) is 27.2 Å². The first kappa shape index (κ1) is 11.4. The molecule has 11 heavy (non-hydrogen) atoms. The molecule has 0 aromatic rings. The topological polar surface area (TPSA) is 0 Å². The second-order valence-electron chi connectivity index (χ2n) is 4.33. The zero-order chi connectivity index (χ0) is 8.74. The molecule has 0 saturated heterocycles. The van der Waals surface area contributed by atoms with Crippen molar-refractivity contribution < 1.29 is 0 Å². The molecule has 0 nitrogen and oxygen atoms in total. The van der Waals surface area contributed by atoms with Gasteiger partial charge in [0.25, 0.3) is 0 Å². The van der Waals surface area contributed by atoms with Crippen LogP contribution in [0.3, 0.4) is 0 Å². The minimum atomic E-state index is -0.727. The van der Waals surface area contributed by atoms with Gasteiger partial charge in [0.15, 0.2) is 0 Å². The van der Waals surface area contributed by atoms with Crippen LogP contribution in [-0.4, -0.2) is 25.7 Å². The molecule has 0 amide bonds. The van der Waals surface area contributed by atoms with Crippen molar-refractivity contribution in [3.8, 4) is 0 Å². The number of unbranched alkanes of at least 4 members (excludes halogenated alkanes) is 3. The van der Waals surface area contributed by atoms with Crippen LogP contribution < -0.4 is 0 Å². The van der Waals surface area contributed by atoms with E-state index in [1.165, 1.54) is 31.8 Å². The van der Waals surface area contributed by atoms with Crippen molar-refractivity contribution in [1.82, 2.24) is 0 Å².